The van der Waals surface area contributed by atoms with Gasteiger partial charge >= 0.3 is 5.97 Å². The van der Waals surface area contributed by atoms with Gasteiger partial charge < -0.3 is 19.2 Å². The van der Waals surface area contributed by atoms with E-state index in [1.165, 1.54) is 35.6 Å². The van der Waals surface area contributed by atoms with Crippen LogP contribution in [0.25, 0.3) is 11.0 Å². The molecule has 0 radical (unpaired) electrons. The SMILES string of the molecule is CCOC(=O)c1c(N=c2oc3ccc(OC)cc3cc2C(=O)Nc2ccc(F)cc2)sc(C)c1C. The molecule has 1 amide bonds. The molecule has 0 spiro atoms. The number of anilines is 1. The second kappa shape index (κ2) is 10.1. The van der Waals surface area contributed by atoms with E-state index < -0.39 is 17.7 Å². The Kier molecular flexibility index (Phi) is 6.97. The van der Waals surface area contributed by atoms with Crippen LogP contribution in [0.4, 0.5) is 15.1 Å². The predicted molar refractivity (Wildman–Crippen MR) is 132 cm³/mol. The van der Waals surface area contributed by atoms with Gasteiger partial charge in [0.05, 0.1) is 19.3 Å². The number of halogens is 1. The molecule has 0 atom stereocenters. The molecule has 0 unspecified atom stereocenters. The van der Waals surface area contributed by atoms with Crippen molar-refractivity contribution in [1.29, 1.82) is 0 Å². The lowest BCUT2D eigenvalue weighted by Gasteiger charge is -2.08. The molecule has 2 aromatic carbocycles. The van der Waals surface area contributed by atoms with Crippen molar-refractivity contribution in [3.8, 4) is 5.75 Å². The summed E-state index contributed by atoms with van der Waals surface area (Å²) in [6.45, 7) is 5.66. The molecule has 0 bridgehead atoms. The van der Waals surface area contributed by atoms with Crippen molar-refractivity contribution >= 4 is 44.9 Å². The zero-order valence-electron chi connectivity index (χ0n) is 19.6. The van der Waals surface area contributed by atoms with Crippen LogP contribution in [-0.2, 0) is 4.74 Å². The molecule has 0 fully saturated rings. The van der Waals surface area contributed by atoms with Crippen LogP contribution in [0.2, 0.25) is 0 Å². The van der Waals surface area contributed by atoms with Crippen molar-refractivity contribution in [2.75, 3.05) is 19.0 Å². The van der Waals surface area contributed by atoms with Gasteiger partial charge in [0.2, 0.25) is 5.55 Å². The minimum Gasteiger partial charge on any atom is -0.497 e. The molecule has 9 heteroatoms. The average molecular weight is 495 g/mol. The van der Waals surface area contributed by atoms with E-state index in [1.807, 2.05) is 13.8 Å². The summed E-state index contributed by atoms with van der Waals surface area (Å²) in [5.74, 6) is -0.819. The molecule has 4 rings (SSSR count). The van der Waals surface area contributed by atoms with Crippen LogP contribution in [0, 0.1) is 19.7 Å². The van der Waals surface area contributed by atoms with Gasteiger partial charge in [-0.1, -0.05) is 0 Å². The maximum absolute atomic E-state index is 13.3. The second-order valence-electron chi connectivity index (χ2n) is 7.63. The fraction of sp³-hybridized carbons (Fsp3) is 0.192. The number of aryl methyl sites for hydroxylation is 1. The van der Waals surface area contributed by atoms with Gasteiger partial charge in [-0.25, -0.2) is 14.2 Å². The lowest BCUT2D eigenvalue weighted by molar-refractivity contribution is 0.0527. The lowest BCUT2D eigenvalue weighted by atomic mass is 10.1. The third-order valence-corrected chi connectivity index (χ3v) is 6.45. The van der Waals surface area contributed by atoms with Crippen molar-refractivity contribution in [3.05, 3.63) is 81.5 Å². The zero-order chi connectivity index (χ0) is 25.1. The maximum Gasteiger partial charge on any atom is 0.341 e. The van der Waals surface area contributed by atoms with Gasteiger partial charge in [0.1, 0.15) is 27.7 Å². The largest absolute Gasteiger partial charge is 0.497 e. The Bertz CT molecular complexity index is 1490. The molecule has 0 aliphatic heterocycles. The van der Waals surface area contributed by atoms with Gasteiger partial charge in [-0.15, -0.1) is 11.3 Å². The van der Waals surface area contributed by atoms with Gasteiger partial charge in [-0.3, -0.25) is 4.79 Å². The molecule has 0 saturated carbocycles. The zero-order valence-corrected chi connectivity index (χ0v) is 20.4. The van der Waals surface area contributed by atoms with Crippen molar-refractivity contribution in [1.82, 2.24) is 0 Å². The molecule has 0 aliphatic carbocycles. The van der Waals surface area contributed by atoms with E-state index in [4.69, 9.17) is 13.9 Å². The van der Waals surface area contributed by atoms with Crippen LogP contribution in [0.1, 0.15) is 38.1 Å². The summed E-state index contributed by atoms with van der Waals surface area (Å²) < 4.78 is 29.8. The molecule has 2 aromatic heterocycles. The molecule has 0 saturated heterocycles. The number of nitrogens with one attached hydrogen (secondary N) is 1. The highest BCUT2D eigenvalue weighted by Gasteiger charge is 2.22. The monoisotopic (exact) mass is 494 g/mol. The summed E-state index contributed by atoms with van der Waals surface area (Å²) in [5.41, 5.74) is 2.13. The number of ether oxygens (including phenoxy) is 2. The first-order chi connectivity index (χ1) is 16.8. The third kappa shape index (κ3) is 5.09. The average Bonchev–Trinajstić information content (AvgIpc) is 3.12. The Morgan fingerprint density at radius 3 is 2.54 bits per heavy atom. The summed E-state index contributed by atoms with van der Waals surface area (Å²) in [5, 5.41) is 3.74. The number of methoxy groups -OCH3 is 1. The number of amides is 1. The van der Waals surface area contributed by atoms with Gasteiger partial charge in [-0.2, -0.15) is 0 Å². The van der Waals surface area contributed by atoms with E-state index in [-0.39, 0.29) is 17.7 Å². The fourth-order valence-electron chi connectivity index (χ4n) is 3.44. The Morgan fingerprint density at radius 2 is 1.86 bits per heavy atom. The predicted octanol–water partition coefficient (Wildman–Crippen LogP) is 5.92. The number of benzene rings is 2. The van der Waals surface area contributed by atoms with Gasteiger partial charge in [0, 0.05) is 16.0 Å². The number of carbonyl (C=O) groups excluding carboxylic acids is 2. The molecular weight excluding hydrogens is 471 g/mol. The highest BCUT2D eigenvalue weighted by atomic mass is 32.1. The van der Waals surface area contributed by atoms with Crippen LogP contribution in [0.5, 0.6) is 5.75 Å². The summed E-state index contributed by atoms with van der Waals surface area (Å²) >= 11 is 1.31. The number of fused-ring (bicyclic) bond motifs is 1. The Labute approximate surface area is 204 Å². The summed E-state index contributed by atoms with van der Waals surface area (Å²) in [6.07, 6.45) is 0. The maximum atomic E-state index is 13.3. The van der Waals surface area contributed by atoms with Crippen LogP contribution >= 0.6 is 11.3 Å². The number of hydrogen-bond donors (Lipinski definition) is 1. The molecular formula is C26H23FN2O5S. The van der Waals surface area contributed by atoms with E-state index in [9.17, 15) is 14.0 Å². The van der Waals surface area contributed by atoms with Gasteiger partial charge in [0.25, 0.3) is 5.91 Å². The van der Waals surface area contributed by atoms with Crippen molar-refractivity contribution < 1.29 is 27.9 Å². The topological polar surface area (TPSA) is 90.1 Å². The molecule has 35 heavy (non-hydrogen) atoms. The van der Waals surface area contributed by atoms with Crippen LogP contribution < -0.4 is 15.6 Å². The van der Waals surface area contributed by atoms with Crippen LogP contribution in [-0.4, -0.2) is 25.6 Å². The van der Waals surface area contributed by atoms with E-state index in [0.29, 0.717) is 33.0 Å². The van der Waals surface area contributed by atoms with Crippen molar-refractivity contribution in [2.24, 2.45) is 4.99 Å². The molecule has 7 nitrogen and oxygen atoms in total. The molecule has 4 aromatic rings. The van der Waals surface area contributed by atoms with E-state index in [2.05, 4.69) is 10.3 Å². The van der Waals surface area contributed by atoms with Crippen molar-refractivity contribution in [2.45, 2.75) is 20.8 Å². The van der Waals surface area contributed by atoms with E-state index >= 15 is 0 Å². The lowest BCUT2D eigenvalue weighted by Crippen LogP contribution is -2.21. The fourth-order valence-corrected chi connectivity index (χ4v) is 4.45. The molecule has 1 N–H and O–H groups in total. The van der Waals surface area contributed by atoms with Crippen molar-refractivity contribution in [3.63, 3.8) is 0 Å². The molecule has 2 heterocycles. The number of nitrogens with zero attached hydrogens (tertiary/aromatic N) is 1. The van der Waals surface area contributed by atoms with E-state index in [0.717, 1.165) is 10.4 Å². The Morgan fingerprint density at radius 1 is 1.11 bits per heavy atom. The van der Waals surface area contributed by atoms with Gasteiger partial charge in [-0.05, 0) is 74.9 Å². The number of rotatable bonds is 6. The molecule has 180 valence electrons. The van der Waals surface area contributed by atoms with Crippen LogP contribution in [0.15, 0.2) is 57.9 Å². The first kappa shape index (κ1) is 24.2. The highest BCUT2D eigenvalue weighted by Crippen LogP contribution is 2.35. The Hall–Kier alpha value is -3.98. The summed E-state index contributed by atoms with van der Waals surface area (Å²) in [4.78, 5) is 31.4. The number of thiophene rings is 1. The summed E-state index contributed by atoms with van der Waals surface area (Å²) in [7, 11) is 1.54. The first-order valence-corrected chi connectivity index (χ1v) is 11.6. The van der Waals surface area contributed by atoms with Gasteiger partial charge in [0.15, 0.2) is 0 Å². The first-order valence-electron chi connectivity index (χ1n) is 10.8. The standard InChI is InChI=1S/C26H23FN2O5S/c1-5-33-26(31)22-14(2)15(3)35-25(22)29-24-20(23(30)28-18-8-6-17(27)7-9-18)13-16-12-19(32-4)10-11-21(16)34-24/h6-13H,5H2,1-4H3,(H,28,30). The second-order valence-corrected chi connectivity index (χ2v) is 8.83. The van der Waals surface area contributed by atoms with Crippen LogP contribution in [0.3, 0.4) is 0 Å². The summed E-state index contributed by atoms with van der Waals surface area (Å²) in [6, 6.07) is 12.2. The molecule has 0 aliphatic rings. The quantitative estimate of drug-likeness (QED) is 0.336. The normalized spacial score (nSPS) is 11.5. The number of esters is 1. The minimum atomic E-state index is -0.508. The number of carbonyl (C=O) groups is 2. The smallest absolute Gasteiger partial charge is 0.341 e. The Balaban J connectivity index is 1.90. The number of hydrogen-bond acceptors (Lipinski definition) is 7. The van der Waals surface area contributed by atoms with E-state index in [1.54, 1.807) is 38.3 Å². The third-order valence-electron chi connectivity index (χ3n) is 5.35. The minimum absolute atomic E-state index is 0.0223. The highest BCUT2D eigenvalue weighted by molar-refractivity contribution is 7.16.